The van der Waals surface area contributed by atoms with Crippen LogP contribution in [0.15, 0.2) is 0 Å². The minimum absolute atomic E-state index is 0.0200. The van der Waals surface area contributed by atoms with Gasteiger partial charge in [0.1, 0.15) is 6.61 Å². The van der Waals surface area contributed by atoms with E-state index >= 15 is 0 Å². The summed E-state index contributed by atoms with van der Waals surface area (Å²) in [6.45, 7) is -0.0200. The second-order valence-corrected chi connectivity index (χ2v) is 5.83. The molecule has 0 aromatic rings. The molecule has 2 unspecified atom stereocenters. The zero-order chi connectivity index (χ0) is 12.8. The summed E-state index contributed by atoms with van der Waals surface area (Å²) in [5.41, 5.74) is 8.18. The molecule has 2 aliphatic rings. The maximum atomic E-state index is 10.7. The molecule has 2 rings (SSSR count). The minimum Gasteiger partial charge on any atom is -0.368 e. The van der Waals surface area contributed by atoms with Gasteiger partial charge in [0.05, 0.1) is 0 Å². The SMILES string of the molecule is NC(=O)CONC1CCCCC1C1CCCCC1. The smallest absolute Gasteiger partial charge is 0.245 e. The second kappa shape index (κ2) is 7.10. The number of rotatable bonds is 5. The van der Waals surface area contributed by atoms with Crippen LogP contribution in [0.3, 0.4) is 0 Å². The first-order valence-corrected chi connectivity index (χ1v) is 7.43. The molecule has 2 atom stereocenters. The Morgan fingerprint density at radius 2 is 1.72 bits per heavy atom. The highest BCUT2D eigenvalue weighted by Crippen LogP contribution is 2.38. The minimum atomic E-state index is -0.410. The van der Waals surface area contributed by atoms with E-state index in [1.807, 2.05) is 0 Å². The molecule has 3 N–H and O–H groups in total. The fourth-order valence-electron chi connectivity index (χ4n) is 3.65. The Labute approximate surface area is 110 Å². The number of hydrogen-bond acceptors (Lipinski definition) is 3. The molecule has 4 nitrogen and oxygen atoms in total. The van der Waals surface area contributed by atoms with Crippen LogP contribution in [0.2, 0.25) is 0 Å². The average Bonchev–Trinajstić information content (AvgIpc) is 2.40. The molecule has 0 aromatic heterocycles. The number of hydroxylamine groups is 1. The van der Waals surface area contributed by atoms with Gasteiger partial charge in [0.2, 0.25) is 5.91 Å². The molecule has 0 aromatic carbocycles. The molecule has 2 saturated carbocycles. The van der Waals surface area contributed by atoms with Crippen LogP contribution in [0.1, 0.15) is 57.8 Å². The predicted molar refractivity (Wildman–Crippen MR) is 70.6 cm³/mol. The molecule has 104 valence electrons. The Hall–Kier alpha value is -0.610. The maximum absolute atomic E-state index is 10.7. The van der Waals surface area contributed by atoms with Crippen LogP contribution < -0.4 is 11.2 Å². The number of carbonyl (C=O) groups excluding carboxylic acids is 1. The van der Waals surface area contributed by atoms with Crippen molar-refractivity contribution in [3.63, 3.8) is 0 Å². The molecule has 0 heterocycles. The van der Waals surface area contributed by atoms with Crippen LogP contribution >= 0.6 is 0 Å². The summed E-state index contributed by atoms with van der Waals surface area (Å²) in [5, 5.41) is 0. The summed E-state index contributed by atoms with van der Waals surface area (Å²) in [7, 11) is 0. The predicted octanol–water partition coefficient (Wildman–Crippen LogP) is 2.13. The molecule has 0 saturated heterocycles. The summed E-state index contributed by atoms with van der Waals surface area (Å²) in [5.74, 6) is 1.17. The van der Waals surface area contributed by atoms with Crippen LogP contribution in [0, 0.1) is 11.8 Å². The Kier molecular flexibility index (Phi) is 5.45. The summed E-state index contributed by atoms with van der Waals surface area (Å²) >= 11 is 0. The quantitative estimate of drug-likeness (QED) is 0.739. The van der Waals surface area contributed by atoms with E-state index in [1.165, 1.54) is 57.8 Å². The van der Waals surface area contributed by atoms with Gasteiger partial charge in [0, 0.05) is 6.04 Å². The number of carbonyl (C=O) groups is 1. The molecule has 0 radical (unpaired) electrons. The van der Waals surface area contributed by atoms with Crippen molar-refractivity contribution in [2.45, 2.75) is 63.8 Å². The van der Waals surface area contributed by atoms with Crippen LogP contribution in [0.25, 0.3) is 0 Å². The molecule has 0 aliphatic heterocycles. The molecule has 18 heavy (non-hydrogen) atoms. The van der Waals surface area contributed by atoms with Crippen molar-refractivity contribution in [3.05, 3.63) is 0 Å². The second-order valence-electron chi connectivity index (χ2n) is 5.83. The fraction of sp³-hybridized carbons (Fsp3) is 0.929. The molecular formula is C14H26N2O2. The molecule has 0 bridgehead atoms. The van der Waals surface area contributed by atoms with Crippen LogP contribution in [0.5, 0.6) is 0 Å². The Bertz CT molecular complexity index is 265. The van der Waals surface area contributed by atoms with Gasteiger partial charge in [-0.15, -0.1) is 0 Å². The van der Waals surface area contributed by atoms with E-state index in [0.29, 0.717) is 6.04 Å². The lowest BCUT2D eigenvalue weighted by atomic mass is 9.71. The van der Waals surface area contributed by atoms with E-state index in [0.717, 1.165) is 11.8 Å². The van der Waals surface area contributed by atoms with Gasteiger partial charge in [0.15, 0.2) is 0 Å². The van der Waals surface area contributed by atoms with Crippen molar-refractivity contribution in [1.82, 2.24) is 5.48 Å². The third-order valence-corrected chi connectivity index (χ3v) is 4.52. The highest BCUT2D eigenvalue weighted by Gasteiger charge is 2.32. The van der Waals surface area contributed by atoms with Gasteiger partial charge in [0.25, 0.3) is 0 Å². The Balaban J connectivity index is 1.82. The third kappa shape index (κ3) is 3.95. The highest BCUT2D eigenvalue weighted by atomic mass is 16.6. The normalized spacial score (nSPS) is 30.2. The van der Waals surface area contributed by atoms with Crippen LogP contribution in [-0.4, -0.2) is 18.6 Å². The molecule has 2 fully saturated rings. The highest BCUT2D eigenvalue weighted by molar-refractivity contribution is 5.74. The van der Waals surface area contributed by atoms with Gasteiger partial charge in [-0.25, -0.2) is 0 Å². The van der Waals surface area contributed by atoms with Gasteiger partial charge in [-0.3, -0.25) is 9.63 Å². The van der Waals surface area contributed by atoms with E-state index < -0.39 is 5.91 Å². The van der Waals surface area contributed by atoms with E-state index in [9.17, 15) is 4.79 Å². The van der Waals surface area contributed by atoms with Crippen molar-refractivity contribution in [2.24, 2.45) is 17.6 Å². The van der Waals surface area contributed by atoms with Crippen molar-refractivity contribution < 1.29 is 9.63 Å². The zero-order valence-electron chi connectivity index (χ0n) is 11.2. The third-order valence-electron chi connectivity index (χ3n) is 4.52. The van der Waals surface area contributed by atoms with Gasteiger partial charge in [-0.1, -0.05) is 44.9 Å². The van der Waals surface area contributed by atoms with Crippen molar-refractivity contribution >= 4 is 5.91 Å². The van der Waals surface area contributed by atoms with Gasteiger partial charge in [-0.05, 0) is 24.7 Å². The summed E-state index contributed by atoms with van der Waals surface area (Å²) in [4.78, 5) is 15.9. The maximum Gasteiger partial charge on any atom is 0.245 e. The van der Waals surface area contributed by atoms with Gasteiger partial charge >= 0.3 is 0 Å². The number of hydrogen-bond donors (Lipinski definition) is 2. The molecular weight excluding hydrogens is 228 g/mol. The molecule has 4 heteroatoms. The zero-order valence-corrected chi connectivity index (χ0v) is 11.2. The molecule has 1 amide bonds. The number of nitrogens with two attached hydrogens (primary N) is 1. The number of nitrogens with one attached hydrogen (secondary N) is 1. The lowest BCUT2D eigenvalue weighted by molar-refractivity contribution is -0.127. The molecule has 0 spiro atoms. The molecule has 2 aliphatic carbocycles. The summed E-state index contributed by atoms with van der Waals surface area (Å²) in [6.07, 6.45) is 12.0. The summed E-state index contributed by atoms with van der Waals surface area (Å²) in [6, 6.07) is 0.418. The Morgan fingerprint density at radius 1 is 1.06 bits per heavy atom. The number of primary amides is 1. The largest absolute Gasteiger partial charge is 0.368 e. The van der Waals surface area contributed by atoms with Crippen LogP contribution in [0.4, 0.5) is 0 Å². The van der Waals surface area contributed by atoms with Crippen molar-refractivity contribution in [1.29, 1.82) is 0 Å². The first-order valence-electron chi connectivity index (χ1n) is 7.43. The van der Waals surface area contributed by atoms with E-state index in [2.05, 4.69) is 5.48 Å². The topological polar surface area (TPSA) is 64.4 Å². The van der Waals surface area contributed by atoms with E-state index in [1.54, 1.807) is 0 Å². The monoisotopic (exact) mass is 254 g/mol. The van der Waals surface area contributed by atoms with Crippen molar-refractivity contribution in [2.75, 3.05) is 6.61 Å². The first-order chi connectivity index (χ1) is 8.77. The van der Waals surface area contributed by atoms with Gasteiger partial charge in [-0.2, -0.15) is 5.48 Å². The van der Waals surface area contributed by atoms with Crippen molar-refractivity contribution in [3.8, 4) is 0 Å². The number of amides is 1. The Morgan fingerprint density at radius 3 is 2.44 bits per heavy atom. The lowest BCUT2D eigenvalue weighted by Crippen LogP contribution is -2.43. The first kappa shape index (κ1) is 13.8. The lowest BCUT2D eigenvalue weighted by Gasteiger charge is -2.39. The summed E-state index contributed by atoms with van der Waals surface area (Å²) < 4.78 is 0. The standard InChI is InChI=1S/C14H26N2O2/c15-14(17)10-18-16-13-9-5-4-8-12(13)11-6-2-1-3-7-11/h11-13,16H,1-10H2,(H2,15,17). The van der Waals surface area contributed by atoms with Crippen LogP contribution in [-0.2, 0) is 9.63 Å². The van der Waals surface area contributed by atoms with E-state index in [4.69, 9.17) is 10.6 Å². The average molecular weight is 254 g/mol. The van der Waals surface area contributed by atoms with Gasteiger partial charge < -0.3 is 5.73 Å². The van der Waals surface area contributed by atoms with E-state index in [-0.39, 0.29) is 6.61 Å². The fourth-order valence-corrected chi connectivity index (χ4v) is 3.65.